The zero-order chi connectivity index (χ0) is 20.0. The van der Waals surface area contributed by atoms with Crippen LogP contribution in [-0.4, -0.2) is 59.3 Å². The fraction of sp³-hybridized carbons (Fsp3) is 0.550. The second-order valence-corrected chi connectivity index (χ2v) is 6.58. The molecule has 150 valence electrons. The van der Waals surface area contributed by atoms with Crippen molar-refractivity contribution in [3.8, 4) is 5.75 Å². The monoisotopic (exact) mass is 378 g/mol. The number of aromatic nitrogens is 1. The van der Waals surface area contributed by atoms with Gasteiger partial charge < -0.3 is 29.6 Å². The molecule has 1 aromatic carbocycles. The highest BCUT2D eigenvalue weighted by Gasteiger charge is 2.20. The van der Waals surface area contributed by atoms with Crippen molar-refractivity contribution in [3.63, 3.8) is 0 Å². The number of nitrogens with zero attached hydrogens (tertiary/aromatic N) is 1. The summed E-state index contributed by atoms with van der Waals surface area (Å²) in [7, 11) is 1.90. The van der Waals surface area contributed by atoms with Gasteiger partial charge >= 0.3 is 5.97 Å². The molecule has 0 aliphatic rings. The van der Waals surface area contributed by atoms with Crippen LogP contribution in [0.5, 0.6) is 5.75 Å². The lowest BCUT2D eigenvalue weighted by atomic mass is 10.1. The number of esters is 1. The van der Waals surface area contributed by atoms with E-state index in [1.807, 2.05) is 37.6 Å². The topological polar surface area (TPSA) is 93.0 Å². The maximum absolute atomic E-state index is 12.3. The van der Waals surface area contributed by atoms with Gasteiger partial charge in [0.05, 0.1) is 18.8 Å². The third-order valence-corrected chi connectivity index (χ3v) is 4.74. The molecule has 0 unspecified atom stereocenters. The Morgan fingerprint density at radius 3 is 2.70 bits per heavy atom. The molecule has 0 spiro atoms. The summed E-state index contributed by atoms with van der Waals surface area (Å²) in [6.07, 6.45) is 0.0772. The highest BCUT2D eigenvalue weighted by atomic mass is 16.5. The van der Waals surface area contributed by atoms with E-state index in [2.05, 4.69) is 5.32 Å². The third kappa shape index (κ3) is 5.00. The summed E-state index contributed by atoms with van der Waals surface area (Å²) in [4.78, 5) is 12.3. The summed E-state index contributed by atoms with van der Waals surface area (Å²) >= 11 is 0. The van der Waals surface area contributed by atoms with Crippen molar-refractivity contribution < 1.29 is 24.5 Å². The first kappa shape index (κ1) is 21.2. The predicted molar refractivity (Wildman–Crippen MR) is 104 cm³/mol. The fourth-order valence-electron chi connectivity index (χ4n) is 2.99. The number of nitrogens with one attached hydrogen (secondary N) is 1. The Balaban J connectivity index is 2.11. The molecule has 0 fully saturated rings. The van der Waals surface area contributed by atoms with E-state index in [-0.39, 0.29) is 25.2 Å². The molecule has 2 atom stereocenters. The molecule has 7 heteroatoms. The van der Waals surface area contributed by atoms with Gasteiger partial charge in [-0.05, 0) is 38.5 Å². The standard InChI is InChI=1S/C20H30N2O5/c1-5-14(11-23)21-10-15(24)12-27-16-7-8-18-17(9-16)19(13(3)22(18)4)20(25)26-6-2/h7-9,14-15,21,23-24H,5-6,10-12H2,1-4H3/t14-,15-/m0/s1. The van der Waals surface area contributed by atoms with Crippen molar-refractivity contribution in [1.82, 2.24) is 9.88 Å². The number of ether oxygens (including phenoxy) is 2. The van der Waals surface area contributed by atoms with Gasteiger partial charge in [0, 0.05) is 36.2 Å². The van der Waals surface area contributed by atoms with Gasteiger partial charge in [-0.2, -0.15) is 0 Å². The Bertz CT molecular complexity index is 767. The number of fused-ring (bicyclic) bond motifs is 1. The molecule has 2 aromatic rings. The minimum atomic E-state index is -0.705. The first-order chi connectivity index (χ1) is 12.9. The molecule has 1 heterocycles. The number of carbonyl (C=O) groups is 1. The SMILES string of the molecule is CCOC(=O)c1c(C)n(C)c2ccc(OC[C@@H](O)CN[C@@H](CC)CO)cc12. The van der Waals surface area contributed by atoms with E-state index in [0.717, 1.165) is 23.0 Å². The average molecular weight is 378 g/mol. The van der Waals surface area contributed by atoms with E-state index >= 15 is 0 Å². The summed E-state index contributed by atoms with van der Waals surface area (Å²) < 4.78 is 12.8. The van der Waals surface area contributed by atoms with Gasteiger partial charge in [0.15, 0.2) is 0 Å². The molecule has 1 aromatic heterocycles. The van der Waals surface area contributed by atoms with Crippen molar-refractivity contribution in [2.75, 3.05) is 26.4 Å². The van der Waals surface area contributed by atoms with Gasteiger partial charge in [-0.1, -0.05) is 6.92 Å². The van der Waals surface area contributed by atoms with Crippen molar-refractivity contribution >= 4 is 16.9 Å². The van der Waals surface area contributed by atoms with Gasteiger partial charge in [0.2, 0.25) is 0 Å². The molecule has 0 bridgehead atoms. The second kappa shape index (κ2) is 9.73. The number of rotatable bonds is 10. The molecule has 0 saturated carbocycles. The first-order valence-corrected chi connectivity index (χ1v) is 9.34. The van der Waals surface area contributed by atoms with E-state index in [1.54, 1.807) is 13.0 Å². The lowest BCUT2D eigenvalue weighted by Crippen LogP contribution is -2.39. The zero-order valence-corrected chi connectivity index (χ0v) is 16.5. The van der Waals surface area contributed by atoms with Crippen molar-refractivity contribution in [1.29, 1.82) is 0 Å². The predicted octanol–water partition coefficient (Wildman–Crippen LogP) is 1.76. The molecule has 3 N–H and O–H groups in total. The minimum Gasteiger partial charge on any atom is -0.491 e. The lowest BCUT2D eigenvalue weighted by molar-refractivity contribution is 0.0527. The lowest BCUT2D eigenvalue weighted by Gasteiger charge is -2.18. The number of aryl methyl sites for hydroxylation is 1. The molecule has 7 nitrogen and oxygen atoms in total. The maximum Gasteiger partial charge on any atom is 0.340 e. The van der Waals surface area contributed by atoms with Crippen LogP contribution < -0.4 is 10.1 Å². The van der Waals surface area contributed by atoms with Crippen LogP contribution >= 0.6 is 0 Å². The number of aliphatic hydroxyl groups is 2. The summed E-state index contributed by atoms with van der Waals surface area (Å²) in [5.74, 6) is 0.225. The van der Waals surface area contributed by atoms with E-state index in [9.17, 15) is 9.90 Å². The van der Waals surface area contributed by atoms with Gasteiger partial charge in [-0.25, -0.2) is 4.79 Å². The minimum absolute atomic E-state index is 0.0320. The summed E-state index contributed by atoms with van der Waals surface area (Å²) in [6, 6.07) is 5.48. The highest BCUT2D eigenvalue weighted by Crippen LogP contribution is 2.29. The number of hydrogen-bond donors (Lipinski definition) is 3. The molecular formula is C20H30N2O5. The van der Waals surface area contributed by atoms with Crippen molar-refractivity contribution in [3.05, 3.63) is 29.5 Å². The Hall–Kier alpha value is -2.09. The zero-order valence-electron chi connectivity index (χ0n) is 16.5. The Morgan fingerprint density at radius 2 is 2.07 bits per heavy atom. The second-order valence-electron chi connectivity index (χ2n) is 6.58. The van der Waals surface area contributed by atoms with E-state index < -0.39 is 6.10 Å². The molecule has 0 aliphatic carbocycles. The van der Waals surface area contributed by atoms with Crippen LogP contribution in [0.3, 0.4) is 0 Å². The highest BCUT2D eigenvalue weighted by molar-refractivity contribution is 6.06. The number of hydrogen-bond acceptors (Lipinski definition) is 6. The number of benzene rings is 1. The van der Waals surface area contributed by atoms with E-state index in [4.69, 9.17) is 14.6 Å². The van der Waals surface area contributed by atoms with Crippen molar-refractivity contribution in [2.45, 2.75) is 39.3 Å². The smallest absolute Gasteiger partial charge is 0.340 e. The van der Waals surface area contributed by atoms with Crippen LogP contribution in [-0.2, 0) is 11.8 Å². The maximum atomic E-state index is 12.3. The third-order valence-electron chi connectivity index (χ3n) is 4.74. The van der Waals surface area contributed by atoms with E-state index in [0.29, 0.717) is 24.5 Å². The van der Waals surface area contributed by atoms with E-state index in [1.165, 1.54) is 0 Å². The largest absolute Gasteiger partial charge is 0.491 e. The van der Waals surface area contributed by atoms with Crippen LogP contribution in [0.25, 0.3) is 10.9 Å². The summed E-state index contributed by atoms with van der Waals surface area (Å²) in [5, 5.41) is 23.1. The summed E-state index contributed by atoms with van der Waals surface area (Å²) in [6.45, 7) is 6.42. The number of carbonyl (C=O) groups excluding carboxylic acids is 1. The van der Waals surface area contributed by atoms with Crippen LogP contribution in [0.15, 0.2) is 18.2 Å². The number of aliphatic hydroxyl groups excluding tert-OH is 2. The Kier molecular flexibility index (Phi) is 7.65. The van der Waals surface area contributed by atoms with Crippen LogP contribution in [0.2, 0.25) is 0 Å². The van der Waals surface area contributed by atoms with Gasteiger partial charge in [-0.15, -0.1) is 0 Å². The Morgan fingerprint density at radius 1 is 1.33 bits per heavy atom. The normalized spacial score (nSPS) is 13.6. The van der Waals surface area contributed by atoms with Crippen LogP contribution in [0, 0.1) is 6.92 Å². The first-order valence-electron chi connectivity index (χ1n) is 9.34. The van der Waals surface area contributed by atoms with Gasteiger partial charge in [0.1, 0.15) is 18.5 Å². The molecule has 0 radical (unpaired) electrons. The fourth-order valence-corrected chi connectivity index (χ4v) is 2.99. The molecule has 2 rings (SSSR count). The molecule has 27 heavy (non-hydrogen) atoms. The Labute approximate surface area is 159 Å². The van der Waals surface area contributed by atoms with Crippen LogP contribution in [0.4, 0.5) is 0 Å². The van der Waals surface area contributed by atoms with Crippen molar-refractivity contribution in [2.24, 2.45) is 7.05 Å². The average Bonchev–Trinajstić information content (AvgIpc) is 2.91. The molecular weight excluding hydrogens is 348 g/mol. The molecule has 0 aliphatic heterocycles. The summed E-state index contributed by atoms with van der Waals surface area (Å²) in [5.41, 5.74) is 2.29. The molecule has 0 amide bonds. The van der Waals surface area contributed by atoms with Gasteiger partial charge in [-0.3, -0.25) is 0 Å². The van der Waals surface area contributed by atoms with Gasteiger partial charge in [0.25, 0.3) is 0 Å². The molecule has 0 saturated heterocycles. The van der Waals surface area contributed by atoms with Crippen LogP contribution in [0.1, 0.15) is 36.3 Å². The quantitative estimate of drug-likeness (QED) is 0.546.